The molecule has 88 valence electrons. The Hall–Kier alpha value is -0.960. The van der Waals surface area contributed by atoms with Gasteiger partial charge >= 0.3 is 0 Å². The molecule has 0 amide bonds. The molecule has 1 aromatic rings. The van der Waals surface area contributed by atoms with Crippen molar-refractivity contribution in [3.63, 3.8) is 0 Å². The third-order valence-corrected chi connectivity index (χ3v) is 3.09. The molecule has 1 saturated carbocycles. The Morgan fingerprint density at radius 3 is 2.44 bits per heavy atom. The van der Waals surface area contributed by atoms with Crippen molar-refractivity contribution >= 4 is 0 Å². The summed E-state index contributed by atoms with van der Waals surface area (Å²) in [7, 11) is 0. The fourth-order valence-electron chi connectivity index (χ4n) is 2.25. The van der Waals surface area contributed by atoms with E-state index in [0.717, 1.165) is 36.1 Å². The Kier molecular flexibility index (Phi) is 3.54. The maximum absolute atomic E-state index is 4.52. The molecule has 1 N–H and O–H groups in total. The molecule has 0 saturated heterocycles. The van der Waals surface area contributed by atoms with Gasteiger partial charge in [0.2, 0.25) is 0 Å². The molecular weight excluding hydrogens is 198 g/mol. The minimum atomic E-state index is 0.575. The average molecular weight is 219 g/mol. The molecule has 3 heteroatoms. The van der Waals surface area contributed by atoms with Crippen molar-refractivity contribution in [3.05, 3.63) is 23.3 Å². The number of nitrogens with one attached hydrogen (secondary N) is 1. The van der Waals surface area contributed by atoms with Crippen LogP contribution in [0, 0.1) is 19.8 Å². The largest absolute Gasteiger partial charge is 0.314 e. The summed E-state index contributed by atoms with van der Waals surface area (Å²) in [6, 6.07) is 2.61. The fourth-order valence-corrected chi connectivity index (χ4v) is 2.25. The van der Waals surface area contributed by atoms with Crippen LogP contribution in [-0.2, 0) is 6.42 Å². The van der Waals surface area contributed by atoms with E-state index in [9.17, 15) is 0 Å². The normalized spacial score (nSPS) is 17.4. The standard InChI is InChI=1S/C13H21N3/c1-4-14-12(11-5-6-11)8-13-15-9(2)7-10(3)16-13/h7,11-12,14H,4-6,8H2,1-3H3. The summed E-state index contributed by atoms with van der Waals surface area (Å²) in [5, 5.41) is 3.55. The molecule has 0 bridgehead atoms. The number of likely N-dealkylation sites (N-methyl/N-ethyl adjacent to an activating group) is 1. The van der Waals surface area contributed by atoms with Gasteiger partial charge in [0.15, 0.2) is 0 Å². The Bertz CT molecular complexity index is 338. The molecule has 1 fully saturated rings. The van der Waals surface area contributed by atoms with Crippen molar-refractivity contribution in [1.29, 1.82) is 0 Å². The lowest BCUT2D eigenvalue weighted by molar-refractivity contribution is 0.463. The van der Waals surface area contributed by atoms with Crippen LogP contribution in [0.5, 0.6) is 0 Å². The maximum atomic E-state index is 4.52. The number of nitrogens with zero attached hydrogens (tertiary/aromatic N) is 2. The van der Waals surface area contributed by atoms with Crippen molar-refractivity contribution in [3.8, 4) is 0 Å². The summed E-state index contributed by atoms with van der Waals surface area (Å²) >= 11 is 0. The summed E-state index contributed by atoms with van der Waals surface area (Å²) in [6.45, 7) is 7.28. The highest BCUT2D eigenvalue weighted by Gasteiger charge is 2.31. The van der Waals surface area contributed by atoms with Gasteiger partial charge in [0.05, 0.1) is 0 Å². The zero-order valence-corrected chi connectivity index (χ0v) is 10.5. The van der Waals surface area contributed by atoms with Gasteiger partial charge in [-0.2, -0.15) is 0 Å². The highest BCUT2D eigenvalue weighted by molar-refractivity contribution is 5.09. The van der Waals surface area contributed by atoms with E-state index >= 15 is 0 Å². The molecule has 0 radical (unpaired) electrons. The molecule has 1 unspecified atom stereocenters. The van der Waals surface area contributed by atoms with E-state index in [-0.39, 0.29) is 0 Å². The van der Waals surface area contributed by atoms with Gasteiger partial charge in [-0.1, -0.05) is 6.92 Å². The maximum Gasteiger partial charge on any atom is 0.130 e. The van der Waals surface area contributed by atoms with Crippen molar-refractivity contribution in [2.24, 2.45) is 5.92 Å². The zero-order valence-electron chi connectivity index (χ0n) is 10.5. The van der Waals surface area contributed by atoms with Crippen LogP contribution >= 0.6 is 0 Å². The SMILES string of the molecule is CCNC(Cc1nc(C)cc(C)n1)C1CC1. The lowest BCUT2D eigenvalue weighted by atomic mass is 10.1. The topological polar surface area (TPSA) is 37.8 Å². The van der Waals surface area contributed by atoms with E-state index in [1.807, 2.05) is 19.9 Å². The second-order valence-electron chi connectivity index (χ2n) is 4.77. The summed E-state index contributed by atoms with van der Waals surface area (Å²) < 4.78 is 0. The van der Waals surface area contributed by atoms with Crippen LogP contribution in [0.3, 0.4) is 0 Å². The first-order chi connectivity index (χ1) is 7.69. The number of aromatic nitrogens is 2. The molecule has 1 aliphatic rings. The fraction of sp³-hybridized carbons (Fsp3) is 0.692. The third-order valence-electron chi connectivity index (χ3n) is 3.09. The van der Waals surface area contributed by atoms with Crippen molar-refractivity contribution in [1.82, 2.24) is 15.3 Å². The molecule has 0 aromatic carbocycles. The zero-order chi connectivity index (χ0) is 11.5. The van der Waals surface area contributed by atoms with E-state index in [4.69, 9.17) is 0 Å². The second-order valence-corrected chi connectivity index (χ2v) is 4.77. The minimum absolute atomic E-state index is 0.575. The Morgan fingerprint density at radius 1 is 1.31 bits per heavy atom. The van der Waals surface area contributed by atoms with E-state index in [1.165, 1.54) is 12.8 Å². The highest BCUT2D eigenvalue weighted by atomic mass is 15.0. The molecule has 1 aromatic heterocycles. The van der Waals surface area contributed by atoms with Gasteiger partial charge < -0.3 is 5.32 Å². The van der Waals surface area contributed by atoms with Crippen LogP contribution in [0.1, 0.15) is 37.0 Å². The molecule has 2 rings (SSSR count). The van der Waals surface area contributed by atoms with Crippen molar-refractivity contribution < 1.29 is 0 Å². The first-order valence-electron chi connectivity index (χ1n) is 6.23. The van der Waals surface area contributed by atoms with Crippen molar-refractivity contribution in [2.75, 3.05) is 6.54 Å². The van der Waals surface area contributed by atoms with Gasteiger partial charge in [-0.05, 0) is 45.2 Å². The van der Waals surface area contributed by atoms with E-state index in [2.05, 4.69) is 22.2 Å². The summed E-state index contributed by atoms with van der Waals surface area (Å²) in [4.78, 5) is 9.03. The molecule has 1 aliphatic carbocycles. The molecule has 16 heavy (non-hydrogen) atoms. The third kappa shape index (κ3) is 3.01. The van der Waals surface area contributed by atoms with Crippen LogP contribution in [-0.4, -0.2) is 22.6 Å². The number of aryl methyl sites for hydroxylation is 2. The lowest BCUT2D eigenvalue weighted by Crippen LogP contribution is -2.33. The summed E-state index contributed by atoms with van der Waals surface area (Å²) in [6.07, 6.45) is 3.70. The van der Waals surface area contributed by atoms with Gasteiger partial charge in [-0.15, -0.1) is 0 Å². The van der Waals surface area contributed by atoms with Crippen LogP contribution in [0.4, 0.5) is 0 Å². The smallest absolute Gasteiger partial charge is 0.130 e. The van der Waals surface area contributed by atoms with Crippen LogP contribution in [0.2, 0.25) is 0 Å². The Balaban J connectivity index is 2.05. The molecule has 0 spiro atoms. The number of hydrogen-bond donors (Lipinski definition) is 1. The van der Waals surface area contributed by atoms with Crippen molar-refractivity contribution in [2.45, 2.75) is 46.1 Å². The molecule has 3 nitrogen and oxygen atoms in total. The van der Waals surface area contributed by atoms with Crippen LogP contribution in [0.15, 0.2) is 6.07 Å². The second kappa shape index (κ2) is 4.91. The Labute approximate surface area is 97.7 Å². The van der Waals surface area contributed by atoms with Crippen LogP contribution < -0.4 is 5.32 Å². The van der Waals surface area contributed by atoms with E-state index in [0.29, 0.717) is 6.04 Å². The predicted molar refractivity (Wildman–Crippen MR) is 65.4 cm³/mol. The van der Waals surface area contributed by atoms with Gasteiger partial charge in [0, 0.05) is 23.9 Å². The molecular formula is C13H21N3. The number of hydrogen-bond acceptors (Lipinski definition) is 3. The van der Waals surface area contributed by atoms with Gasteiger partial charge in [0.1, 0.15) is 5.82 Å². The van der Waals surface area contributed by atoms with E-state index in [1.54, 1.807) is 0 Å². The molecule has 1 heterocycles. The minimum Gasteiger partial charge on any atom is -0.314 e. The van der Waals surface area contributed by atoms with Gasteiger partial charge in [-0.25, -0.2) is 9.97 Å². The highest BCUT2D eigenvalue weighted by Crippen LogP contribution is 2.33. The average Bonchev–Trinajstić information content (AvgIpc) is 2.98. The van der Waals surface area contributed by atoms with Gasteiger partial charge in [0.25, 0.3) is 0 Å². The predicted octanol–water partition coefficient (Wildman–Crippen LogP) is 2.02. The first kappa shape index (κ1) is 11.5. The summed E-state index contributed by atoms with van der Waals surface area (Å²) in [5.41, 5.74) is 2.15. The Morgan fingerprint density at radius 2 is 1.94 bits per heavy atom. The quantitative estimate of drug-likeness (QED) is 0.823. The molecule has 0 aliphatic heterocycles. The number of rotatable bonds is 5. The lowest BCUT2D eigenvalue weighted by Gasteiger charge is -2.16. The van der Waals surface area contributed by atoms with Gasteiger partial charge in [-0.3, -0.25) is 0 Å². The summed E-state index contributed by atoms with van der Waals surface area (Å²) in [5.74, 6) is 1.85. The van der Waals surface area contributed by atoms with Crippen LogP contribution in [0.25, 0.3) is 0 Å². The van der Waals surface area contributed by atoms with E-state index < -0.39 is 0 Å². The first-order valence-corrected chi connectivity index (χ1v) is 6.23. The monoisotopic (exact) mass is 219 g/mol. The molecule has 1 atom stereocenters.